The van der Waals surface area contributed by atoms with E-state index in [1.165, 1.54) is 6.07 Å². The van der Waals surface area contributed by atoms with Crippen molar-refractivity contribution in [2.75, 3.05) is 5.32 Å². The Labute approximate surface area is 129 Å². The zero-order chi connectivity index (χ0) is 15.6. The summed E-state index contributed by atoms with van der Waals surface area (Å²) in [5, 5.41) is 4.57. The molecule has 0 aromatic heterocycles. The average Bonchev–Trinajstić information content (AvgIpc) is 2.52. The highest BCUT2D eigenvalue weighted by Gasteiger charge is 2.15. The molecule has 0 aliphatic carbocycles. The van der Waals surface area contributed by atoms with Crippen LogP contribution in [0.25, 0.3) is 10.8 Å². The minimum Gasteiger partial charge on any atom is -0.380 e. The first kappa shape index (κ1) is 14.6. The number of fused-ring (bicyclic) bond motifs is 1. The Kier molecular flexibility index (Phi) is 3.83. The SMILES string of the molecule is O=S(=O)(O)c1ccc(NCc2ccccc2)c2ccccc12. The van der Waals surface area contributed by atoms with E-state index in [1.807, 2.05) is 42.5 Å². The van der Waals surface area contributed by atoms with Gasteiger partial charge in [0.1, 0.15) is 4.90 Å². The van der Waals surface area contributed by atoms with E-state index >= 15 is 0 Å². The van der Waals surface area contributed by atoms with E-state index in [9.17, 15) is 13.0 Å². The average molecular weight is 313 g/mol. The molecule has 0 atom stereocenters. The van der Waals surface area contributed by atoms with Gasteiger partial charge in [0.2, 0.25) is 0 Å². The maximum absolute atomic E-state index is 11.5. The first-order chi connectivity index (χ1) is 10.6. The molecule has 3 aromatic carbocycles. The maximum atomic E-state index is 11.5. The van der Waals surface area contributed by atoms with Gasteiger partial charge in [-0.15, -0.1) is 0 Å². The van der Waals surface area contributed by atoms with Crippen LogP contribution in [0.5, 0.6) is 0 Å². The zero-order valence-corrected chi connectivity index (χ0v) is 12.5. The van der Waals surface area contributed by atoms with Crippen molar-refractivity contribution in [1.82, 2.24) is 0 Å². The molecule has 0 radical (unpaired) electrons. The second-order valence-corrected chi connectivity index (χ2v) is 6.36. The topological polar surface area (TPSA) is 66.4 Å². The largest absolute Gasteiger partial charge is 0.380 e. The number of hydrogen-bond acceptors (Lipinski definition) is 3. The van der Waals surface area contributed by atoms with Crippen LogP contribution in [0, 0.1) is 0 Å². The van der Waals surface area contributed by atoms with Gasteiger partial charge in [0, 0.05) is 23.0 Å². The minimum atomic E-state index is -4.24. The summed E-state index contributed by atoms with van der Waals surface area (Å²) in [7, 11) is -4.24. The van der Waals surface area contributed by atoms with Gasteiger partial charge in [-0.3, -0.25) is 4.55 Å². The van der Waals surface area contributed by atoms with Gasteiger partial charge < -0.3 is 5.32 Å². The smallest absolute Gasteiger partial charge is 0.295 e. The fraction of sp³-hybridized carbons (Fsp3) is 0.0588. The van der Waals surface area contributed by atoms with E-state index in [0.29, 0.717) is 11.9 Å². The predicted molar refractivity (Wildman–Crippen MR) is 87.5 cm³/mol. The first-order valence-electron chi connectivity index (χ1n) is 6.83. The molecular weight excluding hydrogens is 298 g/mol. The summed E-state index contributed by atoms with van der Waals surface area (Å²) in [6.07, 6.45) is 0. The summed E-state index contributed by atoms with van der Waals surface area (Å²) in [6, 6.07) is 20.1. The molecule has 0 heterocycles. The number of rotatable bonds is 4. The van der Waals surface area contributed by atoms with Crippen LogP contribution in [0.3, 0.4) is 0 Å². The Hall–Kier alpha value is -2.37. The van der Waals surface area contributed by atoms with Crippen LogP contribution in [0.2, 0.25) is 0 Å². The number of hydrogen-bond donors (Lipinski definition) is 2. The van der Waals surface area contributed by atoms with E-state index in [0.717, 1.165) is 16.6 Å². The number of benzene rings is 3. The van der Waals surface area contributed by atoms with Gasteiger partial charge in [0.05, 0.1) is 0 Å². The standard InChI is InChI=1S/C17H15NO3S/c19-22(20,21)17-11-10-16(14-8-4-5-9-15(14)17)18-12-13-6-2-1-3-7-13/h1-11,18H,12H2,(H,19,20,21). The summed E-state index contributed by atoms with van der Waals surface area (Å²) in [5.74, 6) is 0. The molecule has 0 aliphatic rings. The lowest BCUT2D eigenvalue weighted by molar-refractivity contribution is 0.484. The number of anilines is 1. The van der Waals surface area contributed by atoms with Gasteiger partial charge in [-0.1, -0.05) is 54.6 Å². The normalized spacial score (nSPS) is 11.5. The van der Waals surface area contributed by atoms with Crippen LogP contribution in [-0.4, -0.2) is 13.0 Å². The van der Waals surface area contributed by atoms with E-state index in [1.54, 1.807) is 18.2 Å². The zero-order valence-electron chi connectivity index (χ0n) is 11.7. The first-order valence-corrected chi connectivity index (χ1v) is 8.27. The van der Waals surface area contributed by atoms with Crippen molar-refractivity contribution in [2.24, 2.45) is 0 Å². The van der Waals surface area contributed by atoms with Crippen molar-refractivity contribution < 1.29 is 13.0 Å². The summed E-state index contributed by atoms with van der Waals surface area (Å²) in [5.41, 5.74) is 1.96. The predicted octanol–water partition coefficient (Wildman–Crippen LogP) is 3.70. The van der Waals surface area contributed by atoms with Gasteiger partial charge in [0.15, 0.2) is 0 Å². The van der Waals surface area contributed by atoms with Crippen LogP contribution in [-0.2, 0) is 16.7 Å². The van der Waals surface area contributed by atoms with E-state index in [-0.39, 0.29) is 4.90 Å². The lowest BCUT2D eigenvalue weighted by Gasteiger charge is -2.12. The molecule has 0 spiro atoms. The molecule has 3 aromatic rings. The van der Waals surface area contributed by atoms with Crippen molar-refractivity contribution in [3.63, 3.8) is 0 Å². The van der Waals surface area contributed by atoms with Crippen molar-refractivity contribution in [3.8, 4) is 0 Å². The summed E-state index contributed by atoms with van der Waals surface area (Å²) >= 11 is 0. The van der Waals surface area contributed by atoms with E-state index < -0.39 is 10.1 Å². The molecule has 3 rings (SSSR count). The molecular formula is C17H15NO3S. The molecule has 0 aliphatic heterocycles. The Morgan fingerprint density at radius 2 is 1.45 bits per heavy atom. The fourth-order valence-electron chi connectivity index (χ4n) is 2.44. The monoisotopic (exact) mass is 313 g/mol. The van der Waals surface area contributed by atoms with E-state index in [4.69, 9.17) is 0 Å². The Morgan fingerprint density at radius 3 is 2.14 bits per heavy atom. The summed E-state index contributed by atoms with van der Waals surface area (Å²) < 4.78 is 32.3. The molecule has 0 fully saturated rings. The quantitative estimate of drug-likeness (QED) is 0.721. The third kappa shape index (κ3) is 2.95. The molecule has 22 heavy (non-hydrogen) atoms. The second-order valence-electron chi connectivity index (χ2n) is 4.97. The Balaban J connectivity index is 2.01. The van der Waals surface area contributed by atoms with Gasteiger partial charge in [-0.25, -0.2) is 0 Å². The molecule has 5 heteroatoms. The molecule has 0 saturated carbocycles. The van der Waals surface area contributed by atoms with Crippen molar-refractivity contribution >= 4 is 26.6 Å². The third-order valence-electron chi connectivity index (χ3n) is 3.49. The van der Waals surface area contributed by atoms with Crippen LogP contribution < -0.4 is 5.32 Å². The molecule has 0 saturated heterocycles. The minimum absolute atomic E-state index is 0.0756. The number of nitrogens with one attached hydrogen (secondary N) is 1. The molecule has 2 N–H and O–H groups in total. The van der Waals surface area contributed by atoms with Gasteiger partial charge in [0.25, 0.3) is 10.1 Å². The highest BCUT2D eigenvalue weighted by atomic mass is 32.2. The maximum Gasteiger partial charge on any atom is 0.295 e. The molecule has 0 bridgehead atoms. The fourth-order valence-corrected chi connectivity index (χ4v) is 3.14. The Bertz CT molecular complexity index is 906. The molecule has 0 unspecified atom stereocenters. The van der Waals surface area contributed by atoms with Crippen LogP contribution in [0.15, 0.2) is 71.6 Å². The molecule has 4 nitrogen and oxygen atoms in total. The highest BCUT2D eigenvalue weighted by Crippen LogP contribution is 2.29. The van der Waals surface area contributed by atoms with Crippen LogP contribution in [0.1, 0.15) is 5.56 Å². The lowest BCUT2D eigenvalue weighted by Crippen LogP contribution is -2.03. The van der Waals surface area contributed by atoms with Gasteiger partial charge in [-0.2, -0.15) is 8.42 Å². The molecule has 112 valence electrons. The van der Waals surface area contributed by atoms with Crippen molar-refractivity contribution in [3.05, 3.63) is 72.3 Å². The molecule has 0 amide bonds. The van der Waals surface area contributed by atoms with Crippen molar-refractivity contribution in [1.29, 1.82) is 0 Å². The van der Waals surface area contributed by atoms with Crippen molar-refractivity contribution in [2.45, 2.75) is 11.4 Å². The van der Waals surface area contributed by atoms with Crippen LogP contribution >= 0.6 is 0 Å². The van der Waals surface area contributed by atoms with Crippen LogP contribution in [0.4, 0.5) is 5.69 Å². The lowest BCUT2D eigenvalue weighted by atomic mass is 10.1. The highest BCUT2D eigenvalue weighted by molar-refractivity contribution is 7.86. The van der Waals surface area contributed by atoms with E-state index in [2.05, 4.69) is 5.32 Å². The van der Waals surface area contributed by atoms with Gasteiger partial charge >= 0.3 is 0 Å². The summed E-state index contributed by atoms with van der Waals surface area (Å²) in [6.45, 7) is 0.635. The third-order valence-corrected chi connectivity index (χ3v) is 4.40. The second kappa shape index (κ2) is 5.79. The van der Waals surface area contributed by atoms with Gasteiger partial charge in [-0.05, 0) is 17.7 Å². The summed E-state index contributed by atoms with van der Waals surface area (Å²) in [4.78, 5) is -0.0756. The Morgan fingerprint density at radius 1 is 0.818 bits per heavy atom.